The van der Waals surface area contributed by atoms with Crippen LogP contribution >= 0.6 is 0 Å². The van der Waals surface area contributed by atoms with E-state index in [0.717, 1.165) is 34.8 Å². The summed E-state index contributed by atoms with van der Waals surface area (Å²) in [6, 6.07) is 5.84. The first kappa shape index (κ1) is 11.4. The van der Waals surface area contributed by atoms with Crippen LogP contribution in [0.1, 0.15) is 12.1 Å². The predicted octanol–water partition coefficient (Wildman–Crippen LogP) is 2.52. The molecule has 0 aromatic carbocycles. The van der Waals surface area contributed by atoms with Crippen molar-refractivity contribution < 1.29 is 9.47 Å². The second-order valence-electron chi connectivity index (χ2n) is 4.72. The maximum absolute atomic E-state index is 5.55. The fraction of sp³-hybridized carbons (Fsp3) is 0.200. The zero-order valence-electron chi connectivity index (χ0n) is 10.7. The van der Waals surface area contributed by atoms with E-state index in [0.29, 0.717) is 6.79 Å². The molecule has 1 atom stereocenters. The summed E-state index contributed by atoms with van der Waals surface area (Å²) in [6.45, 7) is 0.339. The molecular weight excluding hydrogens is 254 g/mol. The molecule has 1 aliphatic carbocycles. The minimum absolute atomic E-state index is 0.0169. The van der Waals surface area contributed by atoms with Crippen LogP contribution in [0.5, 0.6) is 0 Å². The molecule has 100 valence electrons. The molecule has 20 heavy (non-hydrogen) atoms. The van der Waals surface area contributed by atoms with Crippen molar-refractivity contribution in [2.75, 3.05) is 6.79 Å². The van der Waals surface area contributed by atoms with Gasteiger partial charge in [-0.2, -0.15) is 0 Å². The number of nitrogens with zero attached hydrogens (tertiary/aromatic N) is 2. The highest BCUT2D eigenvalue weighted by Crippen LogP contribution is 2.34. The van der Waals surface area contributed by atoms with E-state index in [4.69, 9.17) is 9.47 Å². The van der Waals surface area contributed by atoms with Gasteiger partial charge in [-0.05, 0) is 23.8 Å². The number of hydrogen-bond donors (Lipinski definition) is 1. The van der Waals surface area contributed by atoms with E-state index in [-0.39, 0.29) is 6.10 Å². The van der Waals surface area contributed by atoms with Gasteiger partial charge in [-0.1, -0.05) is 12.1 Å². The minimum Gasteiger partial charge on any atom is -0.469 e. The summed E-state index contributed by atoms with van der Waals surface area (Å²) < 4.78 is 10.9. The zero-order valence-corrected chi connectivity index (χ0v) is 10.7. The number of aromatic nitrogens is 3. The van der Waals surface area contributed by atoms with E-state index in [1.165, 1.54) is 0 Å². The van der Waals surface area contributed by atoms with Crippen LogP contribution in [0.4, 0.5) is 0 Å². The highest BCUT2D eigenvalue weighted by molar-refractivity contribution is 5.77. The van der Waals surface area contributed by atoms with Crippen molar-refractivity contribution in [1.29, 1.82) is 0 Å². The molecule has 1 N–H and O–H groups in total. The molecule has 5 nitrogen and oxygen atoms in total. The van der Waals surface area contributed by atoms with Crippen LogP contribution in [0.3, 0.4) is 0 Å². The highest BCUT2D eigenvalue weighted by Gasteiger charge is 2.28. The van der Waals surface area contributed by atoms with Gasteiger partial charge in [-0.25, -0.2) is 4.98 Å². The molecular formula is C15H13N3O2. The molecule has 5 heteroatoms. The quantitative estimate of drug-likeness (QED) is 0.908. The van der Waals surface area contributed by atoms with E-state index in [1.54, 1.807) is 12.5 Å². The van der Waals surface area contributed by atoms with Crippen LogP contribution in [0.2, 0.25) is 0 Å². The summed E-state index contributed by atoms with van der Waals surface area (Å²) in [5.74, 6) is 0.906. The summed E-state index contributed by atoms with van der Waals surface area (Å²) in [4.78, 5) is 12.0. The standard InChI is InChI=1S/C15H13N3O2/c1-2-6-16-11(3-1)15-14(17-8-18-15)10-4-5-12-13(7-10)20-9-19-12/h1-6,8,13H,7,9H2,(H,17,18). The van der Waals surface area contributed by atoms with Crippen molar-refractivity contribution in [2.45, 2.75) is 12.5 Å². The van der Waals surface area contributed by atoms with Gasteiger partial charge < -0.3 is 14.5 Å². The second kappa shape index (κ2) is 4.61. The number of allylic oxidation sites excluding steroid dienone is 2. The Morgan fingerprint density at radius 2 is 2.20 bits per heavy atom. The van der Waals surface area contributed by atoms with E-state index in [2.05, 4.69) is 15.0 Å². The lowest BCUT2D eigenvalue weighted by Gasteiger charge is -2.15. The van der Waals surface area contributed by atoms with E-state index in [1.807, 2.05) is 30.4 Å². The van der Waals surface area contributed by atoms with E-state index in [9.17, 15) is 0 Å². The first-order valence-electron chi connectivity index (χ1n) is 6.52. The van der Waals surface area contributed by atoms with Gasteiger partial charge >= 0.3 is 0 Å². The van der Waals surface area contributed by atoms with Gasteiger partial charge in [-0.15, -0.1) is 0 Å². The lowest BCUT2D eigenvalue weighted by molar-refractivity contribution is 0.0515. The lowest BCUT2D eigenvalue weighted by atomic mass is 9.97. The SMILES string of the molecule is C1=C(c2nc[nH]c2-c2ccccn2)CC2OCOC2=C1. The molecule has 0 saturated carbocycles. The summed E-state index contributed by atoms with van der Waals surface area (Å²) in [6.07, 6.45) is 8.28. The molecule has 1 aliphatic heterocycles. The number of aromatic amines is 1. The number of imidazole rings is 1. The van der Waals surface area contributed by atoms with Crippen molar-refractivity contribution in [3.05, 3.63) is 54.3 Å². The Morgan fingerprint density at radius 3 is 3.10 bits per heavy atom. The Kier molecular flexibility index (Phi) is 2.63. The Labute approximate surface area is 116 Å². The van der Waals surface area contributed by atoms with Gasteiger partial charge in [0.25, 0.3) is 0 Å². The fourth-order valence-corrected chi connectivity index (χ4v) is 2.54. The van der Waals surface area contributed by atoms with Crippen LogP contribution in [-0.4, -0.2) is 27.8 Å². The highest BCUT2D eigenvalue weighted by atomic mass is 16.7. The molecule has 4 rings (SSSR count). The van der Waals surface area contributed by atoms with E-state index >= 15 is 0 Å². The lowest BCUT2D eigenvalue weighted by Crippen LogP contribution is -2.12. The maximum atomic E-state index is 5.55. The molecule has 0 bridgehead atoms. The molecule has 0 amide bonds. The third-order valence-corrected chi connectivity index (χ3v) is 3.53. The van der Waals surface area contributed by atoms with Crippen molar-refractivity contribution in [2.24, 2.45) is 0 Å². The molecule has 1 unspecified atom stereocenters. The average Bonchev–Trinajstić information content (AvgIpc) is 3.16. The van der Waals surface area contributed by atoms with Gasteiger partial charge in [0.2, 0.25) is 0 Å². The van der Waals surface area contributed by atoms with Crippen LogP contribution in [-0.2, 0) is 9.47 Å². The Bertz CT molecular complexity index is 688. The van der Waals surface area contributed by atoms with Gasteiger partial charge in [0.1, 0.15) is 11.9 Å². The number of H-pyrrole nitrogens is 1. The summed E-state index contributed by atoms with van der Waals surface area (Å²) in [5, 5.41) is 0. The Balaban J connectivity index is 1.73. The van der Waals surface area contributed by atoms with Gasteiger partial charge in [-0.3, -0.25) is 4.98 Å². The van der Waals surface area contributed by atoms with Crippen LogP contribution in [0.15, 0.2) is 48.6 Å². The van der Waals surface area contributed by atoms with Crippen molar-refractivity contribution in [3.63, 3.8) is 0 Å². The largest absolute Gasteiger partial charge is 0.469 e. The molecule has 2 aliphatic rings. The van der Waals surface area contributed by atoms with E-state index < -0.39 is 0 Å². The number of rotatable bonds is 2. The molecule has 2 aromatic rings. The molecule has 0 spiro atoms. The normalized spacial score (nSPS) is 20.9. The number of fused-ring (bicyclic) bond motifs is 1. The number of nitrogens with one attached hydrogen (secondary N) is 1. The second-order valence-corrected chi connectivity index (χ2v) is 4.72. The van der Waals surface area contributed by atoms with Gasteiger partial charge in [0.05, 0.1) is 23.4 Å². The minimum atomic E-state index is 0.0169. The topological polar surface area (TPSA) is 60.0 Å². The van der Waals surface area contributed by atoms with Gasteiger partial charge in [0, 0.05) is 12.6 Å². The maximum Gasteiger partial charge on any atom is 0.189 e. The summed E-state index contributed by atoms with van der Waals surface area (Å²) >= 11 is 0. The number of pyridine rings is 1. The molecule has 1 saturated heterocycles. The number of hydrogen-bond acceptors (Lipinski definition) is 4. The zero-order chi connectivity index (χ0) is 13.4. The smallest absolute Gasteiger partial charge is 0.189 e. The summed E-state index contributed by atoms with van der Waals surface area (Å²) in [7, 11) is 0. The summed E-state index contributed by atoms with van der Waals surface area (Å²) in [5.41, 5.74) is 3.88. The average molecular weight is 267 g/mol. The van der Waals surface area contributed by atoms with Crippen LogP contribution in [0, 0.1) is 0 Å². The Morgan fingerprint density at radius 1 is 1.20 bits per heavy atom. The van der Waals surface area contributed by atoms with Crippen molar-refractivity contribution in [1.82, 2.24) is 15.0 Å². The van der Waals surface area contributed by atoms with Crippen LogP contribution in [0.25, 0.3) is 17.0 Å². The monoisotopic (exact) mass is 267 g/mol. The molecule has 0 radical (unpaired) electrons. The van der Waals surface area contributed by atoms with Gasteiger partial charge in [0.15, 0.2) is 6.79 Å². The Hall–Kier alpha value is -2.40. The molecule has 3 heterocycles. The fourth-order valence-electron chi connectivity index (χ4n) is 2.54. The van der Waals surface area contributed by atoms with Crippen molar-refractivity contribution in [3.8, 4) is 11.4 Å². The van der Waals surface area contributed by atoms with Crippen LogP contribution < -0.4 is 0 Å². The third-order valence-electron chi connectivity index (χ3n) is 3.53. The first-order chi connectivity index (χ1) is 9.92. The molecule has 2 aromatic heterocycles. The molecule has 1 fully saturated rings. The predicted molar refractivity (Wildman–Crippen MR) is 73.3 cm³/mol. The van der Waals surface area contributed by atoms with Crippen molar-refractivity contribution >= 4 is 5.57 Å². The third kappa shape index (κ3) is 1.83. The number of ether oxygens (including phenoxy) is 2. The first-order valence-corrected chi connectivity index (χ1v) is 6.52.